The lowest BCUT2D eigenvalue weighted by atomic mass is 10.1. The SMILES string of the molecule is N=C(N)c1ccccc1OC(=O)c1ccc(Cl)cc1N. The molecule has 0 amide bonds. The average molecular weight is 290 g/mol. The summed E-state index contributed by atoms with van der Waals surface area (Å²) in [6, 6.07) is 11.0. The third-order valence-electron chi connectivity index (χ3n) is 2.61. The van der Waals surface area contributed by atoms with Gasteiger partial charge in [-0.1, -0.05) is 23.7 Å². The van der Waals surface area contributed by atoms with Crippen LogP contribution in [-0.4, -0.2) is 11.8 Å². The molecule has 0 heterocycles. The quantitative estimate of drug-likeness (QED) is 0.265. The first-order valence-corrected chi connectivity index (χ1v) is 6.07. The van der Waals surface area contributed by atoms with Gasteiger partial charge < -0.3 is 16.2 Å². The van der Waals surface area contributed by atoms with Crippen molar-refractivity contribution in [1.82, 2.24) is 0 Å². The lowest BCUT2D eigenvalue weighted by Crippen LogP contribution is -2.16. The van der Waals surface area contributed by atoms with Gasteiger partial charge in [0.15, 0.2) is 0 Å². The van der Waals surface area contributed by atoms with Crippen molar-refractivity contribution in [3.63, 3.8) is 0 Å². The van der Waals surface area contributed by atoms with Crippen molar-refractivity contribution in [2.24, 2.45) is 5.73 Å². The van der Waals surface area contributed by atoms with E-state index < -0.39 is 5.97 Å². The Morgan fingerprint density at radius 3 is 2.50 bits per heavy atom. The van der Waals surface area contributed by atoms with E-state index in [1.54, 1.807) is 30.3 Å². The summed E-state index contributed by atoms with van der Waals surface area (Å²) in [7, 11) is 0. The van der Waals surface area contributed by atoms with Gasteiger partial charge in [-0.15, -0.1) is 0 Å². The van der Waals surface area contributed by atoms with Crippen molar-refractivity contribution in [3.8, 4) is 5.75 Å². The molecule has 0 aliphatic rings. The number of esters is 1. The molecule has 2 aromatic rings. The first kappa shape index (κ1) is 13.9. The number of carbonyl (C=O) groups is 1. The third-order valence-corrected chi connectivity index (χ3v) is 2.85. The van der Waals surface area contributed by atoms with Crippen molar-refractivity contribution >= 4 is 29.1 Å². The van der Waals surface area contributed by atoms with Crippen LogP contribution in [0.1, 0.15) is 15.9 Å². The second-order valence-electron chi connectivity index (χ2n) is 4.03. The number of nitrogen functional groups attached to an aromatic ring is 2. The minimum atomic E-state index is -0.632. The molecule has 2 rings (SSSR count). The Kier molecular flexibility index (Phi) is 3.91. The van der Waals surface area contributed by atoms with Crippen LogP contribution in [0.15, 0.2) is 42.5 Å². The fourth-order valence-electron chi connectivity index (χ4n) is 1.65. The van der Waals surface area contributed by atoms with Crippen LogP contribution in [0.3, 0.4) is 0 Å². The van der Waals surface area contributed by atoms with E-state index in [9.17, 15) is 4.79 Å². The summed E-state index contributed by atoms with van der Waals surface area (Å²) in [5.41, 5.74) is 11.9. The highest BCUT2D eigenvalue weighted by Crippen LogP contribution is 2.22. The van der Waals surface area contributed by atoms with E-state index in [0.29, 0.717) is 10.6 Å². The number of hydrogen-bond acceptors (Lipinski definition) is 4. The second-order valence-corrected chi connectivity index (χ2v) is 4.47. The number of para-hydroxylation sites is 1. The van der Waals surface area contributed by atoms with Gasteiger partial charge in [0, 0.05) is 10.7 Å². The Morgan fingerprint density at radius 2 is 1.85 bits per heavy atom. The number of amidine groups is 1. The first-order chi connectivity index (χ1) is 9.49. The highest BCUT2D eigenvalue weighted by molar-refractivity contribution is 6.31. The zero-order chi connectivity index (χ0) is 14.7. The first-order valence-electron chi connectivity index (χ1n) is 5.69. The molecule has 0 fully saturated rings. The Morgan fingerprint density at radius 1 is 1.15 bits per heavy atom. The number of benzene rings is 2. The maximum atomic E-state index is 12.1. The highest BCUT2D eigenvalue weighted by Gasteiger charge is 2.15. The minimum Gasteiger partial charge on any atom is -0.422 e. The van der Waals surface area contributed by atoms with Crippen LogP contribution in [0, 0.1) is 5.41 Å². The Balaban J connectivity index is 2.30. The highest BCUT2D eigenvalue weighted by atomic mass is 35.5. The van der Waals surface area contributed by atoms with Gasteiger partial charge in [0.25, 0.3) is 0 Å². The molecule has 102 valence electrons. The van der Waals surface area contributed by atoms with Crippen LogP contribution in [0.4, 0.5) is 5.69 Å². The molecule has 0 radical (unpaired) electrons. The molecule has 5 N–H and O–H groups in total. The summed E-state index contributed by atoms with van der Waals surface area (Å²) in [6.45, 7) is 0. The van der Waals surface area contributed by atoms with E-state index in [1.165, 1.54) is 12.1 Å². The number of hydrogen-bond donors (Lipinski definition) is 3. The molecule has 0 aliphatic carbocycles. The van der Waals surface area contributed by atoms with E-state index >= 15 is 0 Å². The standard InChI is InChI=1S/C14H12ClN3O2/c15-8-5-6-9(11(16)7-8)14(19)20-12-4-2-1-3-10(12)13(17)18/h1-7H,16H2,(H3,17,18). The molecular formula is C14H12ClN3O2. The summed E-state index contributed by atoms with van der Waals surface area (Å²) < 4.78 is 5.23. The fraction of sp³-hybridized carbons (Fsp3) is 0. The number of carbonyl (C=O) groups excluding carboxylic acids is 1. The normalized spacial score (nSPS) is 10.1. The summed E-state index contributed by atoms with van der Waals surface area (Å²) >= 11 is 5.77. The van der Waals surface area contributed by atoms with Gasteiger partial charge in [0.2, 0.25) is 0 Å². The molecule has 5 nitrogen and oxygen atoms in total. The van der Waals surface area contributed by atoms with Gasteiger partial charge in [-0.05, 0) is 30.3 Å². The molecule has 0 atom stereocenters. The molecule has 0 spiro atoms. The molecular weight excluding hydrogens is 278 g/mol. The minimum absolute atomic E-state index is 0.183. The molecule has 6 heteroatoms. The fourth-order valence-corrected chi connectivity index (χ4v) is 1.83. The van der Waals surface area contributed by atoms with E-state index in [1.807, 2.05) is 0 Å². The summed E-state index contributed by atoms with van der Waals surface area (Å²) in [6.07, 6.45) is 0. The van der Waals surface area contributed by atoms with Crippen molar-refractivity contribution < 1.29 is 9.53 Å². The van der Waals surface area contributed by atoms with Crippen LogP contribution in [0.2, 0.25) is 5.02 Å². The number of anilines is 1. The van der Waals surface area contributed by atoms with Crippen LogP contribution < -0.4 is 16.2 Å². The zero-order valence-corrected chi connectivity index (χ0v) is 11.1. The second kappa shape index (κ2) is 5.63. The van der Waals surface area contributed by atoms with Gasteiger partial charge in [0.1, 0.15) is 11.6 Å². The third kappa shape index (κ3) is 2.89. The van der Waals surface area contributed by atoms with Crippen LogP contribution in [0.25, 0.3) is 0 Å². The molecule has 2 aromatic carbocycles. The topological polar surface area (TPSA) is 102 Å². The van der Waals surface area contributed by atoms with E-state index in [-0.39, 0.29) is 22.8 Å². The molecule has 0 saturated heterocycles. The number of nitrogens with two attached hydrogens (primary N) is 2. The number of ether oxygens (including phenoxy) is 1. The van der Waals surface area contributed by atoms with E-state index in [2.05, 4.69) is 0 Å². The Hall–Kier alpha value is -2.53. The Labute approximate surface area is 120 Å². The van der Waals surface area contributed by atoms with E-state index in [4.69, 9.17) is 33.2 Å². The predicted octanol–water partition coefficient (Wildman–Crippen LogP) is 2.43. The van der Waals surface area contributed by atoms with Gasteiger partial charge in [-0.25, -0.2) is 4.79 Å². The largest absolute Gasteiger partial charge is 0.422 e. The summed E-state index contributed by atoms with van der Waals surface area (Å²) in [5, 5.41) is 7.87. The van der Waals surface area contributed by atoms with Gasteiger partial charge in [-0.3, -0.25) is 5.41 Å². The maximum Gasteiger partial charge on any atom is 0.345 e. The monoisotopic (exact) mass is 289 g/mol. The molecule has 0 aromatic heterocycles. The number of halogens is 1. The molecule has 20 heavy (non-hydrogen) atoms. The maximum absolute atomic E-state index is 12.1. The zero-order valence-electron chi connectivity index (χ0n) is 10.4. The van der Waals surface area contributed by atoms with Crippen LogP contribution in [0.5, 0.6) is 5.75 Å². The average Bonchev–Trinajstić information content (AvgIpc) is 2.38. The van der Waals surface area contributed by atoms with Crippen LogP contribution >= 0.6 is 11.6 Å². The molecule has 0 unspecified atom stereocenters. The van der Waals surface area contributed by atoms with Crippen molar-refractivity contribution in [3.05, 3.63) is 58.6 Å². The van der Waals surface area contributed by atoms with E-state index in [0.717, 1.165) is 0 Å². The summed E-state index contributed by atoms with van der Waals surface area (Å²) in [5.74, 6) is -0.607. The smallest absolute Gasteiger partial charge is 0.345 e. The van der Waals surface area contributed by atoms with Crippen LogP contribution in [-0.2, 0) is 0 Å². The van der Waals surface area contributed by atoms with Crippen molar-refractivity contribution in [1.29, 1.82) is 5.41 Å². The Bertz CT molecular complexity index is 686. The number of rotatable bonds is 3. The lowest BCUT2D eigenvalue weighted by Gasteiger charge is -2.10. The van der Waals surface area contributed by atoms with Gasteiger partial charge in [-0.2, -0.15) is 0 Å². The van der Waals surface area contributed by atoms with Crippen molar-refractivity contribution in [2.45, 2.75) is 0 Å². The summed E-state index contributed by atoms with van der Waals surface area (Å²) in [4.78, 5) is 12.1. The molecule has 0 bridgehead atoms. The lowest BCUT2D eigenvalue weighted by molar-refractivity contribution is 0.0735. The number of nitrogens with one attached hydrogen (secondary N) is 1. The molecule has 0 aliphatic heterocycles. The predicted molar refractivity (Wildman–Crippen MR) is 78.3 cm³/mol. The molecule has 0 saturated carbocycles. The van der Waals surface area contributed by atoms with Gasteiger partial charge in [0.05, 0.1) is 11.1 Å². The van der Waals surface area contributed by atoms with Gasteiger partial charge >= 0.3 is 5.97 Å². The van der Waals surface area contributed by atoms with Crippen molar-refractivity contribution in [2.75, 3.05) is 5.73 Å².